The molecule has 172 valence electrons. The number of aromatic nitrogens is 1. The second-order valence-corrected chi connectivity index (χ2v) is 9.72. The maximum Gasteiger partial charge on any atom is 0.134 e. The third-order valence-electron chi connectivity index (χ3n) is 6.83. The fourth-order valence-electron chi connectivity index (χ4n) is 5.34. The Labute approximate surface area is 213 Å². The molecule has 0 spiro atoms. The summed E-state index contributed by atoms with van der Waals surface area (Å²) < 4.78 is 6.28. The van der Waals surface area contributed by atoms with Crippen molar-refractivity contribution in [2.75, 3.05) is 6.61 Å². The van der Waals surface area contributed by atoms with Gasteiger partial charge in [0.05, 0.1) is 12.3 Å². The first-order valence-electron chi connectivity index (χ1n) is 11.8. The maximum absolute atomic E-state index is 9.99. The van der Waals surface area contributed by atoms with Crippen LogP contribution in [0.4, 0.5) is 0 Å². The molecule has 0 saturated carbocycles. The van der Waals surface area contributed by atoms with E-state index in [1.165, 1.54) is 0 Å². The molecule has 0 radical (unpaired) electrons. The van der Waals surface area contributed by atoms with E-state index in [0.29, 0.717) is 12.4 Å². The van der Waals surface area contributed by atoms with E-state index in [1.807, 2.05) is 48.5 Å². The lowest BCUT2D eigenvalue weighted by molar-refractivity contribution is 0.256. The molecule has 0 saturated heterocycles. The molecule has 0 unspecified atom stereocenters. The summed E-state index contributed by atoms with van der Waals surface area (Å²) >= 11 is 1.69. The Balaban J connectivity index is 1.67. The highest BCUT2D eigenvalue weighted by Gasteiger charge is 2.38. The third kappa shape index (κ3) is 3.58. The molecule has 5 heteroatoms. The first-order chi connectivity index (χ1) is 17.8. The normalized spacial score (nSPS) is 15.4. The van der Waals surface area contributed by atoms with Gasteiger partial charge in [0.15, 0.2) is 0 Å². The fraction of sp³-hybridized carbons (Fsp3) is 0.0968. The smallest absolute Gasteiger partial charge is 0.134 e. The van der Waals surface area contributed by atoms with Crippen LogP contribution in [0.3, 0.4) is 0 Å². The van der Waals surface area contributed by atoms with Gasteiger partial charge in [-0.25, -0.2) is 0 Å². The highest BCUT2D eigenvalue weighted by atomic mass is 32.1. The fourth-order valence-corrected chi connectivity index (χ4v) is 6.24. The van der Waals surface area contributed by atoms with E-state index in [1.54, 1.807) is 11.3 Å². The number of thiophene rings is 1. The monoisotopic (exact) mass is 483 g/mol. The number of benzene rings is 3. The van der Waals surface area contributed by atoms with Gasteiger partial charge in [0.2, 0.25) is 0 Å². The second kappa shape index (κ2) is 9.23. The van der Waals surface area contributed by atoms with E-state index in [0.717, 1.165) is 43.7 Å². The molecule has 1 aliphatic heterocycles. The van der Waals surface area contributed by atoms with Crippen LogP contribution < -0.4 is 4.74 Å². The van der Waals surface area contributed by atoms with E-state index < -0.39 is 0 Å². The first kappa shape index (κ1) is 21.9. The minimum atomic E-state index is -0.227. The zero-order valence-electron chi connectivity index (χ0n) is 19.3. The van der Waals surface area contributed by atoms with Crippen LogP contribution in [0.5, 0.6) is 5.75 Å². The lowest BCUT2D eigenvalue weighted by Crippen LogP contribution is -2.27. The number of aromatic amines is 1. The number of nitrogens with one attached hydrogen (secondary N) is 1. The van der Waals surface area contributed by atoms with Crippen LogP contribution in [0.15, 0.2) is 102 Å². The van der Waals surface area contributed by atoms with Crippen molar-refractivity contribution in [1.29, 1.82) is 10.5 Å². The number of H-pyrrole nitrogens is 1. The van der Waals surface area contributed by atoms with Crippen molar-refractivity contribution in [3.05, 3.63) is 118 Å². The highest BCUT2D eigenvalue weighted by molar-refractivity contribution is 7.10. The Morgan fingerprint density at radius 3 is 2.42 bits per heavy atom. The van der Waals surface area contributed by atoms with Gasteiger partial charge >= 0.3 is 0 Å². The van der Waals surface area contributed by atoms with E-state index >= 15 is 0 Å². The Morgan fingerprint density at radius 2 is 1.64 bits per heavy atom. The van der Waals surface area contributed by atoms with Crippen LogP contribution in [-0.4, -0.2) is 11.6 Å². The van der Waals surface area contributed by atoms with E-state index in [2.05, 4.69) is 65.0 Å². The summed E-state index contributed by atoms with van der Waals surface area (Å²) in [4.78, 5) is 4.84. The van der Waals surface area contributed by atoms with Gasteiger partial charge < -0.3 is 9.72 Å². The number of ether oxygens (including phenoxy) is 1. The summed E-state index contributed by atoms with van der Waals surface area (Å²) in [6, 6.07) is 34.9. The van der Waals surface area contributed by atoms with Crippen molar-refractivity contribution in [1.82, 2.24) is 4.98 Å². The van der Waals surface area contributed by atoms with Gasteiger partial charge in [-0.15, -0.1) is 11.3 Å². The largest absolute Gasteiger partial charge is 0.492 e. The van der Waals surface area contributed by atoms with Crippen molar-refractivity contribution in [2.24, 2.45) is 5.92 Å². The molecule has 3 aromatic carbocycles. The van der Waals surface area contributed by atoms with Gasteiger partial charge in [-0.1, -0.05) is 72.8 Å². The minimum Gasteiger partial charge on any atom is -0.492 e. The summed E-state index contributed by atoms with van der Waals surface area (Å²) in [5.74, 6) is 0.352. The standard InChI is InChI=1S/C31H21N3OS/c32-17-21(18-33)28-23-12-5-7-14-26(23)35-19-24(28)29(27-15-8-16-36-27)30-22-11-4-6-13-25(22)34-31(30)20-9-2-1-3-10-20/h1-16,24,29,34H,19H2/t24-,29-/m1/s1. The number of rotatable bonds is 4. The molecule has 3 heterocycles. The number of hydrogen-bond donors (Lipinski definition) is 1. The summed E-state index contributed by atoms with van der Waals surface area (Å²) in [6.45, 7) is 0.371. The van der Waals surface area contributed by atoms with Crippen LogP contribution in [0.2, 0.25) is 0 Å². The lowest BCUT2D eigenvalue weighted by atomic mass is 9.74. The van der Waals surface area contributed by atoms with Gasteiger partial charge in [-0.05, 0) is 40.3 Å². The van der Waals surface area contributed by atoms with Crippen molar-refractivity contribution in [2.45, 2.75) is 5.92 Å². The molecule has 0 bridgehead atoms. The summed E-state index contributed by atoms with van der Waals surface area (Å²) in [7, 11) is 0. The number of allylic oxidation sites excluding steroid dienone is 1. The lowest BCUT2D eigenvalue weighted by Gasteiger charge is -2.34. The molecule has 1 aliphatic rings. The van der Waals surface area contributed by atoms with Crippen LogP contribution in [0, 0.1) is 28.6 Å². The van der Waals surface area contributed by atoms with E-state index in [4.69, 9.17) is 4.74 Å². The number of nitrogens with zero attached hydrogens (tertiary/aromatic N) is 2. The summed E-state index contributed by atoms with van der Waals surface area (Å²) in [5.41, 5.74) is 6.05. The van der Waals surface area contributed by atoms with Crippen LogP contribution in [0.1, 0.15) is 21.9 Å². The van der Waals surface area contributed by atoms with Gasteiger partial charge in [0.25, 0.3) is 0 Å². The molecule has 36 heavy (non-hydrogen) atoms. The molecular weight excluding hydrogens is 462 g/mol. The molecule has 0 amide bonds. The highest BCUT2D eigenvalue weighted by Crippen LogP contribution is 2.51. The van der Waals surface area contributed by atoms with Gasteiger partial charge in [0, 0.05) is 33.2 Å². The third-order valence-corrected chi connectivity index (χ3v) is 7.79. The molecule has 2 aromatic heterocycles. The summed E-state index contributed by atoms with van der Waals surface area (Å²) in [5, 5.41) is 23.2. The predicted molar refractivity (Wildman–Crippen MR) is 143 cm³/mol. The Morgan fingerprint density at radius 1 is 0.889 bits per heavy atom. The average Bonchev–Trinajstić information content (AvgIpc) is 3.60. The Kier molecular flexibility index (Phi) is 5.62. The van der Waals surface area contributed by atoms with Crippen molar-refractivity contribution in [3.8, 4) is 29.1 Å². The van der Waals surface area contributed by atoms with Crippen molar-refractivity contribution in [3.63, 3.8) is 0 Å². The molecule has 1 N–H and O–H groups in total. The second-order valence-electron chi connectivity index (χ2n) is 8.74. The molecule has 2 atom stereocenters. The van der Waals surface area contributed by atoms with E-state index in [-0.39, 0.29) is 17.4 Å². The van der Waals surface area contributed by atoms with Gasteiger partial charge in [-0.2, -0.15) is 10.5 Å². The molecule has 5 aromatic rings. The van der Waals surface area contributed by atoms with Gasteiger partial charge in [0.1, 0.15) is 23.5 Å². The van der Waals surface area contributed by atoms with Crippen LogP contribution in [-0.2, 0) is 0 Å². The molecule has 6 rings (SSSR count). The SMILES string of the molecule is N#CC(C#N)=C1c2ccccc2OC[C@H]1[C@H](c1cccs1)c1c(-c2ccccc2)[nH]c2ccccc12. The average molecular weight is 484 g/mol. The minimum absolute atomic E-state index is 0.128. The number of hydrogen-bond acceptors (Lipinski definition) is 4. The van der Waals surface area contributed by atoms with Gasteiger partial charge in [-0.3, -0.25) is 0 Å². The quantitative estimate of drug-likeness (QED) is 0.268. The molecular formula is C31H21N3OS. The molecule has 0 fully saturated rings. The number of para-hydroxylation sites is 2. The Hall–Kier alpha value is -4.58. The number of fused-ring (bicyclic) bond motifs is 2. The zero-order chi connectivity index (χ0) is 24.5. The predicted octanol–water partition coefficient (Wildman–Crippen LogP) is 7.54. The van der Waals surface area contributed by atoms with Crippen molar-refractivity contribution < 1.29 is 4.74 Å². The molecule has 4 nitrogen and oxygen atoms in total. The maximum atomic E-state index is 9.99. The van der Waals surface area contributed by atoms with E-state index in [9.17, 15) is 10.5 Å². The van der Waals surface area contributed by atoms with Crippen LogP contribution in [0.25, 0.3) is 27.7 Å². The molecule has 0 aliphatic carbocycles. The first-order valence-corrected chi connectivity index (χ1v) is 12.6. The topological polar surface area (TPSA) is 72.6 Å². The van der Waals surface area contributed by atoms with Crippen LogP contribution >= 0.6 is 11.3 Å². The van der Waals surface area contributed by atoms with Crippen molar-refractivity contribution >= 4 is 27.8 Å². The number of nitriles is 2. The zero-order valence-corrected chi connectivity index (χ0v) is 20.1. The summed E-state index contributed by atoms with van der Waals surface area (Å²) in [6.07, 6.45) is 0. The Bertz CT molecular complexity index is 1650.